The van der Waals surface area contributed by atoms with Crippen molar-refractivity contribution >= 4 is 17.9 Å². The van der Waals surface area contributed by atoms with Gasteiger partial charge in [-0.1, -0.05) is 232 Å². The molecule has 0 aromatic rings. The Bertz CT molecular complexity index is 1520. The lowest BCUT2D eigenvalue weighted by Gasteiger charge is -2.18. The molecule has 0 fully saturated rings. The summed E-state index contributed by atoms with van der Waals surface area (Å²) in [7, 11) is 0. The molecule has 0 aliphatic rings. The standard InChI is InChI=1S/C66H108O6/c1-4-7-10-13-16-19-22-24-26-27-28-29-30-31-32-33-34-35-36-37-38-39-40-42-44-47-50-53-56-59-65(68)71-62-63(61-70-64(67)58-55-52-49-46-43-21-18-15-12-9-6-3)72-66(69)60-57-54-51-48-45-41-25-23-20-17-14-11-8-5-2/h7,10,15-16,18-19,23-26,28-29,31-32,34-35,37-38,40,42,63H,4-6,8-9,11-14,17,20-22,27,30,33,36,39,41,43-62H2,1-3H3/b10-7-,18-15-,19-16-,25-23-,26-24-,29-28-,32-31-,35-34-,38-37-,42-40-. The third kappa shape index (κ3) is 56.7. The van der Waals surface area contributed by atoms with Gasteiger partial charge in [-0.3, -0.25) is 14.4 Å². The first-order chi connectivity index (χ1) is 35.5. The van der Waals surface area contributed by atoms with Crippen LogP contribution in [0.3, 0.4) is 0 Å². The molecule has 0 spiro atoms. The minimum absolute atomic E-state index is 0.0960. The van der Waals surface area contributed by atoms with Gasteiger partial charge in [-0.15, -0.1) is 0 Å². The van der Waals surface area contributed by atoms with E-state index in [1.54, 1.807) is 0 Å². The lowest BCUT2D eigenvalue weighted by Crippen LogP contribution is -2.30. The molecule has 0 aliphatic heterocycles. The van der Waals surface area contributed by atoms with Crippen LogP contribution in [-0.2, 0) is 28.6 Å². The smallest absolute Gasteiger partial charge is 0.306 e. The van der Waals surface area contributed by atoms with Gasteiger partial charge in [0.25, 0.3) is 0 Å². The molecule has 0 aromatic carbocycles. The minimum atomic E-state index is -0.799. The molecular formula is C66H108O6. The second kappa shape index (κ2) is 59.4. The summed E-state index contributed by atoms with van der Waals surface area (Å²) in [5.74, 6) is -0.942. The Balaban J connectivity index is 4.34. The molecule has 1 atom stereocenters. The maximum absolute atomic E-state index is 12.8. The monoisotopic (exact) mass is 997 g/mol. The molecule has 72 heavy (non-hydrogen) atoms. The first kappa shape index (κ1) is 67.8. The molecule has 0 heterocycles. The van der Waals surface area contributed by atoms with Gasteiger partial charge < -0.3 is 14.2 Å². The Morgan fingerprint density at radius 3 is 0.903 bits per heavy atom. The molecule has 6 heteroatoms. The molecule has 0 saturated heterocycles. The van der Waals surface area contributed by atoms with Crippen LogP contribution in [0.1, 0.15) is 258 Å². The molecule has 0 amide bonds. The van der Waals surface area contributed by atoms with Crippen molar-refractivity contribution in [3.8, 4) is 0 Å². The Labute approximate surface area is 443 Å². The fourth-order valence-corrected chi connectivity index (χ4v) is 7.73. The van der Waals surface area contributed by atoms with Gasteiger partial charge in [-0.05, 0) is 128 Å². The summed E-state index contributed by atoms with van der Waals surface area (Å²) in [5, 5.41) is 0. The molecule has 0 N–H and O–H groups in total. The van der Waals surface area contributed by atoms with Crippen molar-refractivity contribution in [2.75, 3.05) is 13.2 Å². The van der Waals surface area contributed by atoms with Crippen molar-refractivity contribution in [2.45, 2.75) is 264 Å². The Hall–Kier alpha value is -4.19. The molecule has 0 aliphatic carbocycles. The van der Waals surface area contributed by atoms with Gasteiger partial charge in [-0.2, -0.15) is 0 Å². The highest BCUT2D eigenvalue weighted by atomic mass is 16.6. The SMILES string of the molecule is CC/C=C\C/C=C\C/C=C\C/C=C\C/C=C\C/C=C\C/C=C\C/C=C\CCCCCCC(=O)OCC(COC(=O)CCCCCCC/C=C\CCCC)OC(=O)CCCCCCC/C=C\CCCCCCC. The average molecular weight is 998 g/mol. The van der Waals surface area contributed by atoms with Crippen molar-refractivity contribution in [3.05, 3.63) is 122 Å². The number of esters is 3. The topological polar surface area (TPSA) is 78.9 Å². The van der Waals surface area contributed by atoms with Crippen LogP contribution in [0.5, 0.6) is 0 Å². The normalized spacial score (nSPS) is 13.0. The van der Waals surface area contributed by atoms with Crippen LogP contribution in [0.25, 0.3) is 0 Å². The molecule has 1 unspecified atom stereocenters. The third-order valence-corrected chi connectivity index (χ3v) is 12.2. The zero-order valence-corrected chi connectivity index (χ0v) is 46.7. The van der Waals surface area contributed by atoms with E-state index >= 15 is 0 Å². The highest BCUT2D eigenvalue weighted by Gasteiger charge is 2.19. The number of hydrogen-bond acceptors (Lipinski definition) is 6. The molecule has 408 valence electrons. The van der Waals surface area contributed by atoms with Crippen molar-refractivity contribution in [2.24, 2.45) is 0 Å². The predicted octanol–water partition coefficient (Wildman–Crippen LogP) is 20.0. The zero-order chi connectivity index (χ0) is 52.2. The average Bonchev–Trinajstić information content (AvgIpc) is 3.38. The second-order valence-corrected chi connectivity index (χ2v) is 19.2. The van der Waals surface area contributed by atoms with Crippen LogP contribution in [0, 0.1) is 0 Å². The summed E-state index contributed by atoms with van der Waals surface area (Å²) < 4.78 is 16.8. The van der Waals surface area contributed by atoms with E-state index in [-0.39, 0.29) is 31.1 Å². The maximum Gasteiger partial charge on any atom is 0.306 e. The quantitative estimate of drug-likeness (QED) is 0.0261. The first-order valence-corrected chi connectivity index (χ1v) is 29.5. The highest BCUT2D eigenvalue weighted by molar-refractivity contribution is 5.71. The number of ether oxygens (including phenoxy) is 3. The van der Waals surface area contributed by atoms with Gasteiger partial charge in [0.05, 0.1) is 0 Å². The number of carbonyl (C=O) groups excluding carboxylic acids is 3. The van der Waals surface area contributed by atoms with Crippen molar-refractivity contribution in [3.63, 3.8) is 0 Å². The van der Waals surface area contributed by atoms with Crippen LogP contribution < -0.4 is 0 Å². The van der Waals surface area contributed by atoms with Crippen LogP contribution in [-0.4, -0.2) is 37.2 Å². The highest BCUT2D eigenvalue weighted by Crippen LogP contribution is 2.14. The van der Waals surface area contributed by atoms with Crippen molar-refractivity contribution < 1.29 is 28.6 Å². The van der Waals surface area contributed by atoms with E-state index in [4.69, 9.17) is 14.2 Å². The molecule has 0 saturated carbocycles. The molecular weight excluding hydrogens is 889 g/mol. The lowest BCUT2D eigenvalue weighted by molar-refractivity contribution is -0.167. The van der Waals surface area contributed by atoms with Gasteiger partial charge in [0.1, 0.15) is 13.2 Å². The van der Waals surface area contributed by atoms with Crippen LogP contribution in [0.2, 0.25) is 0 Å². The number of carbonyl (C=O) groups is 3. The van der Waals surface area contributed by atoms with Gasteiger partial charge in [0.15, 0.2) is 6.10 Å². The Kier molecular flexibility index (Phi) is 55.9. The van der Waals surface area contributed by atoms with Crippen molar-refractivity contribution in [1.82, 2.24) is 0 Å². The van der Waals surface area contributed by atoms with E-state index in [1.165, 1.54) is 70.6 Å². The number of hydrogen-bond donors (Lipinski definition) is 0. The van der Waals surface area contributed by atoms with Crippen LogP contribution >= 0.6 is 0 Å². The molecule has 0 bridgehead atoms. The van der Waals surface area contributed by atoms with Gasteiger partial charge in [0, 0.05) is 19.3 Å². The second-order valence-electron chi connectivity index (χ2n) is 19.2. The van der Waals surface area contributed by atoms with Crippen LogP contribution in [0.4, 0.5) is 0 Å². The van der Waals surface area contributed by atoms with E-state index in [1.807, 2.05) is 0 Å². The summed E-state index contributed by atoms with van der Waals surface area (Å²) in [6.45, 7) is 6.44. The van der Waals surface area contributed by atoms with Gasteiger partial charge in [0.2, 0.25) is 0 Å². The first-order valence-electron chi connectivity index (χ1n) is 29.5. The van der Waals surface area contributed by atoms with Gasteiger partial charge >= 0.3 is 17.9 Å². The number of allylic oxidation sites excluding steroid dienone is 20. The molecule has 0 radical (unpaired) electrons. The largest absolute Gasteiger partial charge is 0.462 e. The van der Waals surface area contributed by atoms with E-state index < -0.39 is 6.10 Å². The van der Waals surface area contributed by atoms with E-state index in [0.29, 0.717) is 19.3 Å². The zero-order valence-electron chi connectivity index (χ0n) is 46.7. The van der Waals surface area contributed by atoms with Crippen molar-refractivity contribution in [1.29, 1.82) is 0 Å². The fourth-order valence-electron chi connectivity index (χ4n) is 7.73. The molecule has 6 nitrogen and oxygen atoms in total. The summed E-state index contributed by atoms with van der Waals surface area (Å²) in [6, 6.07) is 0. The lowest BCUT2D eigenvalue weighted by atomic mass is 10.1. The summed E-state index contributed by atoms with van der Waals surface area (Å²) in [5.41, 5.74) is 0. The summed E-state index contributed by atoms with van der Waals surface area (Å²) in [6.07, 6.45) is 82.0. The van der Waals surface area contributed by atoms with Crippen LogP contribution in [0.15, 0.2) is 122 Å². The molecule has 0 aromatic heterocycles. The van der Waals surface area contributed by atoms with E-state index in [9.17, 15) is 14.4 Å². The number of unbranched alkanes of at least 4 members (excludes halogenated alkanes) is 21. The fraction of sp³-hybridized carbons (Fsp3) is 0.652. The maximum atomic E-state index is 12.8. The van der Waals surface area contributed by atoms with E-state index in [0.717, 1.165) is 148 Å². The minimum Gasteiger partial charge on any atom is -0.462 e. The number of rotatable bonds is 52. The molecule has 0 rings (SSSR count). The Morgan fingerprint density at radius 2 is 0.556 bits per heavy atom. The van der Waals surface area contributed by atoms with Gasteiger partial charge in [-0.25, -0.2) is 0 Å². The van der Waals surface area contributed by atoms with E-state index in [2.05, 4.69) is 142 Å². The Morgan fingerprint density at radius 1 is 0.292 bits per heavy atom. The summed E-state index contributed by atoms with van der Waals surface area (Å²) >= 11 is 0. The third-order valence-electron chi connectivity index (χ3n) is 12.2. The predicted molar refractivity (Wildman–Crippen MR) is 311 cm³/mol. The summed E-state index contributed by atoms with van der Waals surface area (Å²) in [4.78, 5) is 38.1.